The molecule has 108 valence electrons. The monoisotopic (exact) mass is 303 g/mol. The number of hydrogen-bond donors (Lipinski definition) is 0. The first kappa shape index (κ1) is 16.6. The SMILES string of the molecule is Cc1cc(Cl)cc(C)c1OCC1CCCN(C)C1.Cl. The van der Waals surface area contributed by atoms with Crippen LogP contribution in [0.3, 0.4) is 0 Å². The summed E-state index contributed by atoms with van der Waals surface area (Å²) in [7, 11) is 2.19. The molecule has 1 aromatic rings. The molecule has 0 radical (unpaired) electrons. The van der Waals surface area contributed by atoms with Crippen molar-refractivity contribution < 1.29 is 4.74 Å². The Bertz CT molecular complexity index is 400. The number of halogens is 2. The third-order valence-electron chi connectivity index (χ3n) is 3.61. The molecule has 1 aliphatic rings. The smallest absolute Gasteiger partial charge is 0.125 e. The van der Waals surface area contributed by atoms with Crippen LogP contribution in [0.5, 0.6) is 5.75 Å². The lowest BCUT2D eigenvalue weighted by molar-refractivity contribution is 0.149. The summed E-state index contributed by atoms with van der Waals surface area (Å²) >= 11 is 6.03. The van der Waals surface area contributed by atoms with Gasteiger partial charge in [-0.3, -0.25) is 0 Å². The van der Waals surface area contributed by atoms with Crippen LogP contribution in [0.4, 0.5) is 0 Å². The molecule has 0 spiro atoms. The number of ether oxygens (including phenoxy) is 1. The zero-order valence-electron chi connectivity index (χ0n) is 11.9. The molecule has 1 atom stereocenters. The molecule has 1 aliphatic heterocycles. The Morgan fingerprint density at radius 3 is 2.53 bits per heavy atom. The zero-order valence-corrected chi connectivity index (χ0v) is 13.5. The molecule has 1 saturated heterocycles. The standard InChI is InChI=1S/C15H22ClNO.ClH/c1-11-7-14(16)8-12(2)15(11)18-10-13-5-4-6-17(3)9-13;/h7-8,13H,4-6,9-10H2,1-3H3;1H. The maximum absolute atomic E-state index is 6.03. The highest BCUT2D eigenvalue weighted by Crippen LogP contribution is 2.28. The van der Waals surface area contributed by atoms with E-state index in [1.54, 1.807) is 0 Å². The topological polar surface area (TPSA) is 12.5 Å². The van der Waals surface area contributed by atoms with Gasteiger partial charge < -0.3 is 9.64 Å². The third kappa shape index (κ3) is 4.55. The van der Waals surface area contributed by atoms with Crippen LogP contribution in [-0.4, -0.2) is 31.6 Å². The number of nitrogens with zero attached hydrogens (tertiary/aromatic N) is 1. The average molecular weight is 304 g/mol. The van der Waals surface area contributed by atoms with E-state index in [1.807, 2.05) is 12.1 Å². The highest BCUT2D eigenvalue weighted by Gasteiger charge is 2.18. The Balaban J connectivity index is 0.00000180. The van der Waals surface area contributed by atoms with Gasteiger partial charge >= 0.3 is 0 Å². The van der Waals surface area contributed by atoms with E-state index in [0.717, 1.165) is 35.1 Å². The van der Waals surface area contributed by atoms with Crippen molar-refractivity contribution in [1.29, 1.82) is 0 Å². The molecule has 0 amide bonds. The van der Waals surface area contributed by atoms with Gasteiger partial charge in [0, 0.05) is 17.5 Å². The highest BCUT2D eigenvalue weighted by molar-refractivity contribution is 6.30. The van der Waals surface area contributed by atoms with Crippen LogP contribution in [-0.2, 0) is 0 Å². The molecular formula is C15H23Cl2NO. The average Bonchev–Trinajstić information content (AvgIpc) is 2.27. The first-order valence-corrected chi connectivity index (χ1v) is 7.02. The second-order valence-electron chi connectivity index (χ2n) is 5.45. The molecule has 19 heavy (non-hydrogen) atoms. The fourth-order valence-electron chi connectivity index (χ4n) is 2.74. The third-order valence-corrected chi connectivity index (χ3v) is 3.83. The van der Waals surface area contributed by atoms with Crippen molar-refractivity contribution in [3.05, 3.63) is 28.3 Å². The molecule has 4 heteroatoms. The van der Waals surface area contributed by atoms with Crippen LogP contribution in [0.1, 0.15) is 24.0 Å². The largest absolute Gasteiger partial charge is 0.493 e. The minimum absolute atomic E-state index is 0. The van der Waals surface area contributed by atoms with E-state index in [9.17, 15) is 0 Å². The molecule has 2 rings (SSSR count). The summed E-state index contributed by atoms with van der Waals surface area (Å²) in [6.45, 7) is 7.29. The maximum atomic E-state index is 6.03. The van der Waals surface area contributed by atoms with Crippen LogP contribution >= 0.6 is 24.0 Å². The van der Waals surface area contributed by atoms with E-state index in [-0.39, 0.29) is 12.4 Å². The minimum atomic E-state index is 0. The maximum Gasteiger partial charge on any atom is 0.125 e. The summed E-state index contributed by atoms with van der Waals surface area (Å²) in [5.41, 5.74) is 2.26. The Hall–Kier alpha value is -0.440. The van der Waals surface area contributed by atoms with Crippen molar-refractivity contribution in [2.45, 2.75) is 26.7 Å². The quantitative estimate of drug-likeness (QED) is 0.833. The summed E-state index contributed by atoms with van der Waals surface area (Å²) < 4.78 is 6.03. The number of aryl methyl sites for hydroxylation is 2. The molecule has 1 unspecified atom stereocenters. The van der Waals surface area contributed by atoms with E-state index in [4.69, 9.17) is 16.3 Å². The fraction of sp³-hybridized carbons (Fsp3) is 0.600. The van der Waals surface area contributed by atoms with E-state index in [2.05, 4.69) is 25.8 Å². The van der Waals surface area contributed by atoms with Crippen molar-refractivity contribution in [3.63, 3.8) is 0 Å². The van der Waals surface area contributed by atoms with E-state index in [0.29, 0.717) is 5.92 Å². The van der Waals surface area contributed by atoms with Crippen LogP contribution < -0.4 is 4.74 Å². The second-order valence-corrected chi connectivity index (χ2v) is 5.89. The lowest BCUT2D eigenvalue weighted by Crippen LogP contribution is -2.34. The molecular weight excluding hydrogens is 281 g/mol. The van der Waals surface area contributed by atoms with Crippen molar-refractivity contribution in [2.24, 2.45) is 5.92 Å². The van der Waals surface area contributed by atoms with Crippen molar-refractivity contribution >= 4 is 24.0 Å². The first-order chi connectivity index (χ1) is 8.56. The summed E-state index contributed by atoms with van der Waals surface area (Å²) in [6.07, 6.45) is 2.55. The van der Waals surface area contributed by atoms with Gasteiger partial charge in [-0.05, 0) is 63.5 Å². The van der Waals surface area contributed by atoms with E-state index < -0.39 is 0 Å². The van der Waals surface area contributed by atoms with Gasteiger partial charge in [-0.15, -0.1) is 12.4 Å². The lowest BCUT2D eigenvalue weighted by atomic mass is 9.99. The van der Waals surface area contributed by atoms with Gasteiger partial charge in [0.25, 0.3) is 0 Å². The number of rotatable bonds is 3. The Morgan fingerprint density at radius 1 is 1.32 bits per heavy atom. The molecule has 0 N–H and O–H groups in total. The molecule has 2 nitrogen and oxygen atoms in total. The summed E-state index contributed by atoms with van der Waals surface area (Å²) in [6, 6.07) is 3.94. The van der Waals surface area contributed by atoms with Crippen molar-refractivity contribution in [3.8, 4) is 5.75 Å². The molecule has 1 fully saturated rings. The summed E-state index contributed by atoms with van der Waals surface area (Å²) in [5.74, 6) is 1.66. The second kappa shape index (κ2) is 7.37. The zero-order chi connectivity index (χ0) is 13.1. The van der Waals surface area contributed by atoms with Crippen LogP contribution in [0.15, 0.2) is 12.1 Å². The predicted molar refractivity (Wildman–Crippen MR) is 83.9 cm³/mol. The van der Waals surface area contributed by atoms with E-state index in [1.165, 1.54) is 19.4 Å². The summed E-state index contributed by atoms with van der Waals surface area (Å²) in [5, 5.41) is 0.787. The van der Waals surface area contributed by atoms with Gasteiger partial charge in [0.15, 0.2) is 0 Å². The van der Waals surface area contributed by atoms with E-state index >= 15 is 0 Å². The first-order valence-electron chi connectivity index (χ1n) is 6.64. The van der Waals surface area contributed by atoms with Crippen molar-refractivity contribution in [2.75, 3.05) is 26.7 Å². The Labute approximate surface area is 127 Å². The molecule has 1 aromatic carbocycles. The van der Waals surface area contributed by atoms with Gasteiger partial charge in [-0.2, -0.15) is 0 Å². The van der Waals surface area contributed by atoms with Gasteiger partial charge in [0.2, 0.25) is 0 Å². The molecule has 0 bridgehead atoms. The van der Waals surface area contributed by atoms with Crippen LogP contribution in [0.2, 0.25) is 5.02 Å². The number of benzene rings is 1. The van der Waals surface area contributed by atoms with Gasteiger partial charge in [0.1, 0.15) is 5.75 Å². The number of likely N-dealkylation sites (tertiary alicyclic amines) is 1. The van der Waals surface area contributed by atoms with Gasteiger partial charge in [0.05, 0.1) is 6.61 Å². The molecule has 0 aromatic heterocycles. The molecule has 1 heterocycles. The Morgan fingerprint density at radius 2 is 1.95 bits per heavy atom. The van der Waals surface area contributed by atoms with Crippen molar-refractivity contribution in [1.82, 2.24) is 4.90 Å². The van der Waals surface area contributed by atoms with Gasteiger partial charge in [-0.1, -0.05) is 11.6 Å². The molecule has 0 aliphatic carbocycles. The number of hydrogen-bond acceptors (Lipinski definition) is 2. The fourth-order valence-corrected chi connectivity index (χ4v) is 3.06. The lowest BCUT2D eigenvalue weighted by Gasteiger charge is -2.29. The predicted octanol–water partition coefficient (Wildman–Crippen LogP) is 4.10. The van der Waals surface area contributed by atoms with Crippen LogP contribution in [0.25, 0.3) is 0 Å². The Kier molecular flexibility index (Phi) is 6.45. The normalized spacial score (nSPS) is 19.9. The minimum Gasteiger partial charge on any atom is -0.493 e. The van der Waals surface area contributed by atoms with Gasteiger partial charge in [-0.25, -0.2) is 0 Å². The molecule has 0 saturated carbocycles. The highest BCUT2D eigenvalue weighted by atomic mass is 35.5. The number of piperidine rings is 1. The van der Waals surface area contributed by atoms with Crippen LogP contribution in [0, 0.1) is 19.8 Å². The summed E-state index contributed by atoms with van der Waals surface area (Å²) in [4.78, 5) is 2.39.